The van der Waals surface area contributed by atoms with E-state index in [1.807, 2.05) is 0 Å². The number of unbranched alkanes of at least 4 members (excludes halogenated alkanes) is 20. The summed E-state index contributed by atoms with van der Waals surface area (Å²) in [4.78, 5) is 33.8. The van der Waals surface area contributed by atoms with E-state index in [0.717, 1.165) is 77.0 Å². The van der Waals surface area contributed by atoms with Crippen LogP contribution >= 0.6 is 7.82 Å². The van der Waals surface area contributed by atoms with Gasteiger partial charge in [0.2, 0.25) is 5.91 Å². The van der Waals surface area contributed by atoms with Crippen molar-refractivity contribution in [2.75, 3.05) is 26.4 Å². The predicted octanol–water partition coefficient (Wildman–Crippen LogP) is 11.4. The van der Waals surface area contributed by atoms with Crippen LogP contribution in [0.15, 0.2) is 36.5 Å². The van der Waals surface area contributed by atoms with Crippen molar-refractivity contribution < 1.29 is 37.9 Å². The maximum absolute atomic E-state index is 12.1. The highest BCUT2D eigenvalue weighted by Crippen LogP contribution is 2.42. The van der Waals surface area contributed by atoms with E-state index in [2.05, 4.69) is 55.6 Å². The van der Waals surface area contributed by atoms with Crippen LogP contribution in [0.4, 0.5) is 0 Å². The SMILES string of the molecule is CCCCC/C=C\C/C=C\CCCCCCCC(=O)OCC(O)COP(=O)(O)OCCNC(=O)CCCCCCC/C=C\CCCCCCCCC. The summed E-state index contributed by atoms with van der Waals surface area (Å²) < 4.78 is 26.8. The number of rotatable bonds is 39. The summed E-state index contributed by atoms with van der Waals surface area (Å²) in [6.45, 7) is 3.50. The standard InChI is InChI=1S/C42H78NO8P/c1-3-5-7-9-11-13-15-17-19-21-22-24-26-28-30-32-34-41(45)43-36-37-50-52(47,48)51-39-40(44)38-49-42(46)35-33-31-29-27-25-23-20-18-16-14-12-10-8-6-4-2/h12,14,18-21,40,44H,3-11,13,15-17,22-39H2,1-2H3,(H,43,45)(H,47,48)/b14-12-,20-18-,21-19-. The van der Waals surface area contributed by atoms with E-state index in [1.54, 1.807) is 0 Å². The molecule has 0 aromatic carbocycles. The number of esters is 1. The Labute approximate surface area is 318 Å². The summed E-state index contributed by atoms with van der Waals surface area (Å²) in [6, 6.07) is 0. The monoisotopic (exact) mass is 756 g/mol. The summed E-state index contributed by atoms with van der Waals surface area (Å²) in [5, 5.41) is 12.7. The van der Waals surface area contributed by atoms with Crippen LogP contribution in [0.5, 0.6) is 0 Å². The number of aliphatic hydroxyl groups excluding tert-OH is 1. The molecule has 0 radical (unpaired) electrons. The fraction of sp³-hybridized carbons (Fsp3) is 0.810. The second-order valence-corrected chi connectivity index (χ2v) is 15.4. The maximum Gasteiger partial charge on any atom is 0.472 e. The molecule has 0 heterocycles. The maximum atomic E-state index is 12.1. The molecular weight excluding hydrogens is 677 g/mol. The van der Waals surface area contributed by atoms with E-state index in [4.69, 9.17) is 13.8 Å². The molecule has 0 aliphatic heterocycles. The van der Waals surface area contributed by atoms with Crippen LogP contribution in [0.25, 0.3) is 0 Å². The lowest BCUT2D eigenvalue weighted by Crippen LogP contribution is -2.27. The van der Waals surface area contributed by atoms with Gasteiger partial charge in [-0.3, -0.25) is 18.6 Å². The van der Waals surface area contributed by atoms with Gasteiger partial charge < -0.3 is 20.1 Å². The van der Waals surface area contributed by atoms with Crippen molar-refractivity contribution in [3.8, 4) is 0 Å². The number of carbonyl (C=O) groups excluding carboxylic acids is 2. The Kier molecular flexibility index (Phi) is 37.6. The largest absolute Gasteiger partial charge is 0.472 e. The van der Waals surface area contributed by atoms with Gasteiger partial charge in [0.25, 0.3) is 0 Å². The lowest BCUT2D eigenvalue weighted by Gasteiger charge is -2.15. The highest BCUT2D eigenvalue weighted by atomic mass is 31.2. The first-order valence-corrected chi connectivity index (χ1v) is 22.5. The first kappa shape index (κ1) is 50.2. The average molecular weight is 756 g/mol. The van der Waals surface area contributed by atoms with Gasteiger partial charge in [-0.1, -0.05) is 140 Å². The fourth-order valence-corrected chi connectivity index (χ4v) is 6.34. The number of phosphoric acid groups is 1. The van der Waals surface area contributed by atoms with Gasteiger partial charge in [0.1, 0.15) is 12.7 Å². The molecule has 304 valence electrons. The molecule has 0 saturated heterocycles. The van der Waals surface area contributed by atoms with Crippen molar-refractivity contribution in [1.82, 2.24) is 5.32 Å². The molecule has 1 amide bonds. The lowest BCUT2D eigenvalue weighted by molar-refractivity contribution is -0.147. The highest BCUT2D eigenvalue weighted by molar-refractivity contribution is 7.47. The molecule has 0 aliphatic rings. The zero-order valence-corrected chi connectivity index (χ0v) is 34.1. The van der Waals surface area contributed by atoms with Gasteiger partial charge in [0, 0.05) is 19.4 Å². The van der Waals surface area contributed by atoms with Crippen LogP contribution in [0.3, 0.4) is 0 Å². The van der Waals surface area contributed by atoms with Crippen molar-refractivity contribution in [2.45, 2.75) is 193 Å². The normalized spacial score (nSPS) is 13.7. The fourth-order valence-electron chi connectivity index (χ4n) is 5.58. The van der Waals surface area contributed by atoms with E-state index < -0.39 is 26.5 Å². The van der Waals surface area contributed by atoms with Gasteiger partial charge in [-0.25, -0.2) is 4.57 Å². The molecule has 0 aromatic rings. The average Bonchev–Trinajstić information content (AvgIpc) is 3.13. The smallest absolute Gasteiger partial charge is 0.463 e. The zero-order valence-electron chi connectivity index (χ0n) is 33.3. The van der Waals surface area contributed by atoms with Gasteiger partial charge in [0.15, 0.2) is 0 Å². The Bertz CT molecular complexity index is 954. The van der Waals surface area contributed by atoms with Crippen molar-refractivity contribution in [2.24, 2.45) is 0 Å². The number of ether oxygens (including phenoxy) is 1. The Morgan fingerprint density at radius 1 is 0.596 bits per heavy atom. The van der Waals surface area contributed by atoms with Gasteiger partial charge in [-0.15, -0.1) is 0 Å². The molecule has 9 nitrogen and oxygen atoms in total. The molecule has 0 bridgehead atoms. The van der Waals surface area contributed by atoms with E-state index in [9.17, 15) is 24.2 Å². The van der Waals surface area contributed by atoms with Gasteiger partial charge in [-0.2, -0.15) is 0 Å². The van der Waals surface area contributed by atoms with E-state index in [-0.39, 0.29) is 32.1 Å². The van der Waals surface area contributed by atoms with E-state index >= 15 is 0 Å². The number of amides is 1. The summed E-state index contributed by atoms with van der Waals surface area (Å²) >= 11 is 0. The summed E-state index contributed by atoms with van der Waals surface area (Å²) in [6.07, 6.45) is 42.1. The Balaban J connectivity index is 3.63. The molecule has 0 spiro atoms. The summed E-state index contributed by atoms with van der Waals surface area (Å²) in [5.41, 5.74) is 0. The van der Waals surface area contributed by atoms with Crippen molar-refractivity contribution >= 4 is 19.7 Å². The molecule has 10 heteroatoms. The first-order chi connectivity index (χ1) is 25.3. The Morgan fingerprint density at radius 3 is 1.60 bits per heavy atom. The summed E-state index contributed by atoms with van der Waals surface area (Å²) in [7, 11) is -4.42. The second-order valence-electron chi connectivity index (χ2n) is 14.0. The second kappa shape index (κ2) is 38.9. The highest BCUT2D eigenvalue weighted by Gasteiger charge is 2.23. The third-order valence-corrected chi connectivity index (χ3v) is 9.78. The number of aliphatic hydroxyl groups is 1. The van der Waals surface area contributed by atoms with Crippen molar-refractivity contribution in [3.05, 3.63) is 36.5 Å². The molecule has 52 heavy (non-hydrogen) atoms. The molecule has 0 saturated carbocycles. The van der Waals surface area contributed by atoms with Crippen LogP contribution in [0.1, 0.15) is 187 Å². The minimum absolute atomic E-state index is 0.0757. The number of phosphoric ester groups is 1. The zero-order chi connectivity index (χ0) is 38.2. The molecule has 0 fully saturated rings. The van der Waals surface area contributed by atoms with Crippen LogP contribution in [-0.2, 0) is 27.9 Å². The first-order valence-electron chi connectivity index (χ1n) is 21.0. The lowest BCUT2D eigenvalue weighted by atomic mass is 10.1. The third-order valence-electron chi connectivity index (χ3n) is 8.79. The summed E-state index contributed by atoms with van der Waals surface area (Å²) in [5.74, 6) is -0.538. The molecule has 0 rings (SSSR count). The van der Waals surface area contributed by atoms with Crippen molar-refractivity contribution in [3.63, 3.8) is 0 Å². The molecular formula is C42H78NO8P. The number of hydrogen-bond donors (Lipinski definition) is 3. The van der Waals surface area contributed by atoms with Gasteiger partial charge in [0.05, 0.1) is 13.2 Å². The molecule has 3 N–H and O–H groups in total. The van der Waals surface area contributed by atoms with E-state index in [0.29, 0.717) is 6.42 Å². The van der Waals surface area contributed by atoms with Crippen LogP contribution in [-0.4, -0.2) is 54.3 Å². The topological polar surface area (TPSA) is 131 Å². The minimum atomic E-state index is -4.42. The third kappa shape index (κ3) is 39.4. The molecule has 2 atom stereocenters. The van der Waals surface area contributed by atoms with Gasteiger partial charge in [-0.05, 0) is 70.6 Å². The quantitative estimate of drug-likeness (QED) is 0.0244. The number of carbonyl (C=O) groups is 2. The van der Waals surface area contributed by atoms with Gasteiger partial charge >= 0.3 is 13.8 Å². The van der Waals surface area contributed by atoms with Crippen molar-refractivity contribution in [1.29, 1.82) is 0 Å². The van der Waals surface area contributed by atoms with Crippen LogP contribution in [0.2, 0.25) is 0 Å². The number of allylic oxidation sites excluding steroid dienone is 6. The minimum Gasteiger partial charge on any atom is -0.463 e. The van der Waals surface area contributed by atoms with E-state index in [1.165, 1.54) is 83.5 Å². The Morgan fingerprint density at radius 2 is 1.04 bits per heavy atom. The van der Waals surface area contributed by atoms with Crippen LogP contribution in [0, 0.1) is 0 Å². The molecule has 0 aromatic heterocycles. The molecule has 2 unspecified atom stereocenters. The predicted molar refractivity (Wildman–Crippen MR) is 215 cm³/mol. The number of hydrogen-bond acceptors (Lipinski definition) is 7. The number of nitrogens with one attached hydrogen (secondary N) is 1. The van der Waals surface area contributed by atoms with Crippen LogP contribution < -0.4 is 5.32 Å². The Hall–Kier alpha value is -1.77. The molecule has 0 aliphatic carbocycles.